The molecule has 108 valence electrons. The van der Waals surface area contributed by atoms with E-state index >= 15 is 0 Å². The number of aromatic nitrogens is 3. The van der Waals surface area contributed by atoms with Crippen molar-refractivity contribution in [1.29, 1.82) is 0 Å². The molecule has 0 bridgehead atoms. The first-order valence-corrected chi connectivity index (χ1v) is 7.96. The van der Waals surface area contributed by atoms with Crippen LogP contribution in [-0.2, 0) is 16.4 Å². The van der Waals surface area contributed by atoms with Gasteiger partial charge in [0, 0.05) is 30.9 Å². The van der Waals surface area contributed by atoms with E-state index < -0.39 is 10.0 Å². The van der Waals surface area contributed by atoms with Crippen LogP contribution in [0.25, 0.3) is 11.5 Å². The normalized spacial score (nSPS) is 11.7. The number of pyridine rings is 1. The summed E-state index contributed by atoms with van der Waals surface area (Å²) >= 11 is 0. The largest absolute Gasteiger partial charge is 0.421 e. The van der Waals surface area contributed by atoms with Crippen molar-refractivity contribution in [3.05, 3.63) is 30.4 Å². The predicted octanol–water partition coefficient (Wildman–Crippen LogP) is 1.00. The van der Waals surface area contributed by atoms with Crippen LogP contribution in [0.1, 0.15) is 19.2 Å². The lowest BCUT2D eigenvalue weighted by atomic mass is 10.3. The molecule has 2 heterocycles. The lowest BCUT2D eigenvalue weighted by Gasteiger charge is -2.02. The molecule has 0 aromatic carbocycles. The zero-order valence-corrected chi connectivity index (χ0v) is 11.9. The summed E-state index contributed by atoms with van der Waals surface area (Å²) in [5.41, 5.74) is 0.783. The van der Waals surface area contributed by atoms with Gasteiger partial charge in [-0.1, -0.05) is 6.92 Å². The Morgan fingerprint density at radius 1 is 1.25 bits per heavy atom. The average molecular weight is 296 g/mol. The molecule has 1 N–H and O–H groups in total. The first-order chi connectivity index (χ1) is 9.61. The third-order valence-electron chi connectivity index (χ3n) is 2.53. The van der Waals surface area contributed by atoms with Gasteiger partial charge in [-0.05, 0) is 18.6 Å². The van der Waals surface area contributed by atoms with Gasteiger partial charge in [0.2, 0.25) is 21.8 Å². The van der Waals surface area contributed by atoms with Crippen molar-refractivity contribution in [1.82, 2.24) is 19.9 Å². The van der Waals surface area contributed by atoms with E-state index in [-0.39, 0.29) is 12.3 Å². The molecule has 0 saturated carbocycles. The average Bonchev–Trinajstić information content (AvgIpc) is 2.88. The number of sulfonamides is 1. The molecule has 0 saturated heterocycles. The van der Waals surface area contributed by atoms with Gasteiger partial charge in [-0.25, -0.2) is 13.1 Å². The van der Waals surface area contributed by atoms with Crippen molar-refractivity contribution < 1.29 is 12.8 Å². The maximum Gasteiger partial charge on any atom is 0.247 e. The molecule has 0 spiro atoms. The number of nitrogens with zero attached hydrogens (tertiary/aromatic N) is 3. The van der Waals surface area contributed by atoms with Crippen LogP contribution in [0, 0.1) is 0 Å². The summed E-state index contributed by atoms with van der Waals surface area (Å²) in [6.07, 6.45) is 4.22. The highest BCUT2D eigenvalue weighted by Crippen LogP contribution is 2.16. The van der Waals surface area contributed by atoms with E-state index in [1.807, 2.05) is 6.92 Å². The first kappa shape index (κ1) is 14.6. The van der Waals surface area contributed by atoms with Crippen molar-refractivity contribution in [2.75, 3.05) is 12.3 Å². The Hall–Kier alpha value is -1.80. The highest BCUT2D eigenvalue weighted by molar-refractivity contribution is 7.89. The van der Waals surface area contributed by atoms with Gasteiger partial charge in [0.05, 0.1) is 5.75 Å². The van der Waals surface area contributed by atoms with E-state index in [0.29, 0.717) is 24.6 Å². The third-order valence-corrected chi connectivity index (χ3v) is 4.12. The Bertz CT molecular complexity index is 640. The fraction of sp³-hybridized carbons (Fsp3) is 0.417. The SMILES string of the molecule is CCCS(=O)(=O)NCCc1nnc(-c2ccncc2)o1. The summed E-state index contributed by atoms with van der Waals surface area (Å²) in [4.78, 5) is 3.91. The molecule has 8 heteroatoms. The Morgan fingerprint density at radius 2 is 2.00 bits per heavy atom. The third kappa shape index (κ3) is 4.10. The number of rotatable bonds is 7. The smallest absolute Gasteiger partial charge is 0.247 e. The van der Waals surface area contributed by atoms with Crippen LogP contribution < -0.4 is 4.72 Å². The maximum absolute atomic E-state index is 11.5. The molecule has 0 radical (unpaired) electrons. The molecule has 0 atom stereocenters. The van der Waals surface area contributed by atoms with Crippen molar-refractivity contribution >= 4 is 10.0 Å². The molecular weight excluding hydrogens is 280 g/mol. The van der Waals surface area contributed by atoms with E-state index in [4.69, 9.17) is 4.42 Å². The molecule has 20 heavy (non-hydrogen) atoms. The van der Waals surface area contributed by atoms with Gasteiger partial charge in [0.1, 0.15) is 0 Å². The van der Waals surface area contributed by atoms with E-state index in [9.17, 15) is 8.42 Å². The van der Waals surface area contributed by atoms with Crippen molar-refractivity contribution in [2.24, 2.45) is 0 Å². The molecule has 0 aliphatic heterocycles. The molecular formula is C12H16N4O3S. The van der Waals surface area contributed by atoms with Crippen molar-refractivity contribution in [3.63, 3.8) is 0 Å². The summed E-state index contributed by atoms with van der Waals surface area (Å²) in [7, 11) is -3.20. The van der Waals surface area contributed by atoms with Crippen LogP contribution in [0.4, 0.5) is 0 Å². The summed E-state index contributed by atoms with van der Waals surface area (Å²) in [6, 6.07) is 3.53. The number of hydrogen-bond donors (Lipinski definition) is 1. The monoisotopic (exact) mass is 296 g/mol. The number of nitrogens with one attached hydrogen (secondary N) is 1. The highest BCUT2D eigenvalue weighted by Gasteiger charge is 2.11. The molecule has 7 nitrogen and oxygen atoms in total. The second kappa shape index (κ2) is 6.58. The minimum Gasteiger partial charge on any atom is -0.421 e. The van der Waals surface area contributed by atoms with E-state index in [0.717, 1.165) is 5.56 Å². The molecule has 2 aromatic heterocycles. The standard InChI is InChI=1S/C12H16N4O3S/c1-2-9-20(17,18)14-8-5-11-15-16-12(19-11)10-3-6-13-7-4-10/h3-4,6-7,14H,2,5,8-9H2,1H3. The van der Waals surface area contributed by atoms with Crippen LogP contribution in [-0.4, -0.2) is 35.9 Å². The Balaban J connectivity index is 1.91. The first-order valence-electron chi connectivity index (χ1n) is 6.31. The van der Waals surface area contributed by atoms with Crippen LogP contribution in [0.15, 0.2) is 28.9 Å². The summed E-state index contributed by atoms with van der Waals surface area (Å²) in [5.74, 6) is 0.925. The van der Waals surface area contributed by atoms with Crippen LogP contribution in [0.5, 0.6) is 0 Å². The van der Waals surface area contributed by atoms with Gasteiger partial charge < -0.3 is 4.42 Å². The molecule has 0 aliphatic carbocycles. The van der Waals surface area contributed by atoms with Crippen molar-refractivity contribution in [2.45, 2.75) is 19.8 Å². The summed E-state index contributed by atoms with van der Waals surface area (Å²) < 4.78 is 30.9. The van der Waals surface area contributed by atoms with Gasteiger partial charge in [0.15, 0.2) is 0 Å². The van der Waals surface area contributed by atoms with E-state index in [2.05, 4.69) is 19.9 Å². The highest BCUT2D eigenvalue weighted by atomic mass is 32.2. The van der Waals surface area contributed by atoms with Gasteiger partial charge in [-0.2, -0.15) is 0 Å². The van der Waals surface area contributed by atoms with Crippen LogP contribution in [0.3, 0.4) is 0 Å². The van der Waals surface area contributed by atoms with Gasteiger partial charge >= 0.3 is 0 Å². The Labute approximate surface area is 117 Å². The summed E-state index contributed by atoms with van der Waals surface area (Å²) in [5, 5.41) is 7.80. The van der Waals surface area contributed by atoms with E-state index in [1.165, 1.54) is 0 Å². The zero-order valence-electron chi connectivity index (χ0n) is 11.1. The van der Waals surface area contributed by atoms with Gasteiger partial charge in [-0.15, -0.1) is 10.2 Å². The van der Waals surface area contributed by atoms with Crippen molar-refractivity contribution in [3.8, 4) is 11.5 Å². The summed E-state index contributed by atoms with van der Waals surface area (Å²) in [6.45, 7) is 2.07. The lowest BCUT2D eigenvalue weighted by molar-refractivity contribution is 0.502. The minimum absolute atomic E-state index is 0.124. The molecule has 2 aromatic rings. The Kier molecular flexibility index (Phi) is 4.80. The molecule has 0 fully saturated rings. The Morgan fingerprint density at radius 3 is 2.70 bits per heavy atom. The predicted molar refractivity (Wildman–Crippen MR) is 73.3 cm³/mol. The lowest BCUT2D eigenvalue weighted by Crippen LogP contribution is -2.28. The van der Waals surface area contributed by atoms with Gasteiger partial charge in [-0.3, -0.25) is 4.98 Å². The second-order valence-electron chi connectivity index (χ2n) is 4.20. The quantitative estimate of drug-likeness (QED) is 0.818. The minimum atomic E-state index is -3.20. The van der Waals surface area contributed by atoms with Gasteiger partial charge in [0.25, 0.3) is 0 Å². The topological polar surface area (TPSA) is 98.0 Å². The zero-order chi connectivity index (χ0) is 14.4. The molecule has 0 amide bonds. The molecule has 2 rings (SSSR count). The van der Waals surface area contributed by atoms with E-state index in [1.54, 1.807) is 24.5 Å². The fourth-order valence-electron chi connectivity index (χ4n) is 1.62. The fourth-order valence-corrected chi connectivity index (χ4v) is 2.72. The van der Waals surface area contributed by atoms with Crippen LogP contribution >= 0.6 is 0 Å². The molecule has 0 aliphatic rings. The second-order valence-corrected chi connectivity index (χ2v) is 6.13. The maximum atomic E-state index is 11.5. The van der Waals surface area contributed by atoms with Crippen LogP contribution in [0.2, 0.25) is 0 Å². The molecule has 0 unspecified atom stereocenters. The number of hydrogen-bond acceptors (Lipinski definition) is 6.